The Bertz CT molecular complexity index is 541. The van der Waals surface area contributed by atoms with E-state index in [0.717, 1.165) is 17.7 Å². The summed E-state index contributed by atoms with van der Waals surface area (Å²) in [6, 6.07) is 13.0. The van der Waals surface area contributed by atoms with E-state index in [1.54, 1.807) is 7.11 Å². The third kappa shape index (κ3) is 3.84. The van der Waals surface area contributed by atoms with Crippen LogP contribution < -0.4 is 10.5 Å². The van der Waals surface area contributed by atoms with Crippen LogP contribution in [0.25, 0.3) is 0 Å². The summed E-state index contributed by atoms with van der Waals surface area (Å²) in [7, 11) is 3.85. The van der Waals surface area contributed by atoms with E-state index >= 15 is 0 Å². The lowest BCUT2D eigenvalue weighted by atomic mass is 10.0. The van der Waals surface area contributed by atoms with E-state index in [1.165, 1.54) is 4.88 Å². The Morgan fingerprint density at radius 2 is 2.00 bits per heavy atom. The Hall–Kier alpha value is -1.36. The van der Waals surface area contributed by atoms with Crippen LogP contribution in [0, 0.1) is 0 Å². The molecule has 0 aliphatic rings. The molecule has 3 nitrogen and oxygen atoms in total. The van der Waals surface area contributed by atoms with E-state index < -0.39 is 0 Å². The zero-order chi connectivity index (χ0) is 15.2. The first-order valence-corrected chi connectivity index (χ1v) is 8.12. The van der Waals surface area contributed by atoms with Gasteiger partial charge in [0.15, 0.2) is 0 Å². The minimum Gasteiger partial charge on any atom is -0.496 e. The zero-order valence-electron chi connectivity index (χ0n) is 13.0. The second-order valence-corrected chi connectivity index (χ2v) is 6.32. The summed E-state index contributed by atoms with van der Waals surface area (Å²) in [6.45, 7) is 2.82. The van der Waals surface area contributed by atoms with Crippen molar-refractivity contribution in [3.05, 3.63) is 52.2 Å². The molecule has 2 atom stereocenters. The van der Waals surface area contributed by atoms with E-state index in [9.17, 15) is 0 Å². The first kappa shape index (κ1) is 16.0. The van der Waals surface area contributed by atoms with E-state index in [4.69, 9.17) is 10.5 Å². The molecule has 21 heavy (non-hydrogen) atoms. The lowest BCUT2D eigenvalue weighted by Crippen LogP contribution is -2.38. The number of hydrogen-bond donors (Lipinski definition) is 1. The van der Waals surface area contributed by atoms with Crippen LogP contribution in [-0.2, 0) is 6.42 Å². The third-order valence-electron chi connectivity index (χ3n) is 3.98. The number of rotatable bonds is 7. The molecular formula is C17H24N2OS. The summed E-state index contributed by atoms with van der Waals surface area (Å²) in [4.78, 5) is 3.75. The number of methoxy groups -OCH3 is 1. The maximum absolute atomic E-state index is 6.05. The van der Waals surface area contributed by atoms with Crippen LogP contribution in [-0.4, -0.2) is 31.6 Å². The molecule has 0 amide bonds. The van der Waals surface area contributed by atoms with Crippen molar-refractivity contribution in [1.82, 2.24) is 4.90 Å². The van der Waals surface area contributed by atoms with Gasteiger partial charge in [0.25, 0.3) is 0 Å². The van der Waals surface area contributed by atoms with Gasteiger partial charge in [0.05, 0.1) is 13.2 Å². The fourth-order valence-electron chi connectivity index (χ4n) is 2.63. The molecule has 1 aromatic heterocycles. The Kier molecular flexibility index (Phi) is 5.79. The minimum atomic E-state index is 0.163. The molecule has 0 saturated carbocycles. The molecule has 2 rings (SSSR count). The molecule has 114 valence electrons. The van der Waals surface area contributed by atoms with E-state index in [0.29, 0.717) is 12.6 Å². The van der Waals surface area contributed by atoms with Gasteiger partial charge in [-0.25, -0.2) is 0 Å². The van der Waals surface area contributed by atoms with Crippen molar-refractivity contribution in [2.24, 2.45) is 5.73 Å². The molecule has 0 radical (unpaired) electrons. The van der Waals surface area contributed by atoms with Crippen molar-refractivity contribution in [2.45, 2.75) is 25.4 Å². The lowest BCUT2D eigenvalue weighted by Gasteiger charge is -2.33. The Morgan fingerprint density at radius 1 is 1.24 bits per heavy atom. The number of nitrogens with two attached hydrogens (primary N) is 1. The van der Waals surface area contributed by atoms with Crippen LogP contribution in [0.4, 0.5) is 0 Å². The molecule has 0 aliphatic carbocycles. The Morgan fingerprint density at radius 3 is 2.62 bits per heavy atom. The van der Waals surface area contributed by atoms with E-state index in [2.05, 4.69) is 42.5 Å². The quantitative estimate of drug-likeness (QED) is 0.853. The predicted octanol–water partition coefficient (Wildman–Crippen LogP) is 3.32. The van der Waals surface area contributed by atoms with Crippen LogP contribution in [0.5, 0.6) is 5.75 Å². The van der Waals surface area contributed by atoms with Gasteiger partial charge in [-0.1, -0.05) is 24.3 Å². The highest BCUT2D eigenvalue weighted by Gasteiger charge is 2.23. The fraction of sp³-hybridized carbons (Fsp3) is 0.412. The first-order valence-electron chi connectivity index (χ1n) is 7.24. The average molecular weight is 304 g/mol. The topological polar surface area (TPSA) is 38.5 Å². The number of ether oxygens (including phenoxy) is 1. The summed E-state index contributed by atoms with van der Waals surface area (Å²) < 4.78 is 5.48. The number of para-hydroxylation sites is 1. The van der Waals surface area contributed by atoms with Crippen molar-refractivity contribution in [3.8, 4) is 5.75 Å². The molecule has 1 heterocycles. The van der Waals surface area contributed by atoms with Gasteiger partial charge in [-0.2, -0.15) is 0 Å². The van der Waals surface area contributed by atoms with Gasteiger partial charge in [-0.15, -0.1) is 11.3 Å². The second kappa shape index (κ2) is 7.59. The highest BCUT2D eigenvalue weighted by Crippen LogP contribution is 2.29. The highest BCUT2D eigenvalue weighted by molar-refractivity contribution is 7.09. The van der Waals surface area contributed by atoms with Crippen molar-refractivity contribution in [2.75, 3.05) is 20.7 Å². The fourth-order valence-corrected chi connectivity index (χ4v) is 3.45. The van der Waals surface area contributed by atoms with Crippen LogP contribution in [0.2, 0.25) is 0 Å². The maximum atomic E-state index is 6.05. The van der Waals surface area contributed by atoms with Gasteiger partial charge in [0.2, 0.25) is 0 Å². The van der Waals surface area contributed by atoms with E-state index in [1.807, 2.05) is 29.5 Å². The highest BCUT2D eigenvalue weighted by atomic mass is 32.1. The Balaban J connectivity index is 2.15. The van der Waals surface area contributed by atoms with Gasteiger partial charge in [-0.3, -0.25) is 4.90 Å². The molecule has 2 N–H and O–H groups in total. The number of nitrogens with zero attached hydrogens (tertiary/aromatic N) is 1. The molecule has 0 spiro atoms. The van der Waals surface area contributed by atoms with Crippen LogP contribution in [0.15, 0.2) is 41.8 Å². The molecular weight excluding hydrogens is 280 g/mol. The first-order chi connectivity index (χ1) is 10.2. The van der Waals surface area contributed by atoms with Crippen LogP contribution >= 0.6 is 11.3 Å². The molecule has 0 saturated heterocycles. The molecule has 0 aliphatic heterocycles. The van der Waals surface area contributed by atoms with Gasteiger partial charge in [-0.05, 0) is 37.9 Å². The SMILES string of the molecule is COc1ccccc1C(CN)N(C)C(C)Cc1cccs1. The average Bonchev–Trinajstić information content (AvgIpc) is 3.01. The number of thiophene rings is 1. The normalized spacial score (nSPS) is 14.1. The summed E-state index contributed by atoms with van der Waals surface area (Å²) in [6.07, 6.45) is 1.04. The smallest absolute Gasteiger partial charge is 0.123 e. The standard InChI is InChI=1S/C17H24N2OS/c1-13(11-14-7-6-10-21-14)19(2)16(12-18)15-8-4-5-9-17(15)20-3/h4-10,13,16H,11-12,18H2,1-3H3. The van der Waals surface area contributed by atoms with Crippen molar-refractivity contribution in [3.63, 3.8) is 0 Å². The molecule has 0 fully saturated rings. The Labute approximate surface area is 131 Å². The van der Waals surface area contributed by atoms with Crippen molar-refractivity contribution < 1.29 is 4.74 Å². The van der Waals surface area contributed by atoms with Gasteiger partial charge in [0, 0.05) is 23.0 Å². The summed E-state index contributed by atoms with van der Waals surface area (Å²) in [5, 5.41) is 2.13. The summed E-state index contributed by atoms with van der Waals surface area (Å²) >= 11 is 1.81. The summed E-state index contributed by atoms with van der Waals surface area (Å²) in [5.74, 6) is 0.906. The monoisotopic (exact) mass is 304 g/mol. The number of benzene rings is 1. The second-order valence-electron chi connectivity index (χ2n) is 5.29. The van der Waals surface area contributed by atoms with Crippen molar-refractivity contribution >= 4 is 11.3 Å². The predicted molar refractivity (Wildman–Crippen MR) is 90.0 cm³/mol. The summed E-state index contributed by atoms with van der Waals surface area (Å²) in [5.41, 5.74) is 7.20. The van der Waals surface area contributed by atoms with Crippen LogP contribution in [0.3, 0.4) is 0 Å². The molecule has 2 aromatic rings. The molecule has 0 bridgehead atoms. The largest absolute Gasteiger partial charge is 0.496 e. The van der Waals surface area contributed by atoms with Gasteiger partial charge >= 0.3 is 0 Å². The minimum absolute atomic E-state index is 0.163. The van der Waals surface area contributed by atoms with E-state index in [-0.39, 0.29) is 6.04 Å². The number of likely N-dealkylation sites (N-methyl/N-ethyl adjacent to an activating group) is 1. The molecule has 1 aromatic carbocycles. The van der Waals surface area contributed by atoms with Gasteiger partial charge in [0.1, 0.15) is 5.75 Å². The lowest BCUT2D eigenvalue weighted by molar-refractivity contribution is 0.185. The molecule has 4 heteroatoms. The third-order valence-corrected chi connectivity index (χ3v) is 4.88. The number of hydrogen-bond acceptors (Lipinski definition) is 4. The van der Waals surface area contributed by atoms with Gasteiger partial charge < -0.3 is 10.5 Å². The maximum Gasteiger partial charge on any atom is 0.123 e. The zero-order valence-corrected chi connectivity index (χ0v) is 13.8. The van der Waals surface area contributed by atoms with Crippen molar-refractivity contribution in [1.29, 1.82) is 0 Å². The van der Waals surface area contributed by atoms with Crippen LogP contribution in [0.1, 0.15) is 23.4 Å². The molecule has 2 unspecified atom stereocenters.